The molecule has 1 aliphatic heterocycles. The van der Waals surface area contributed by atoms with Crippen molar-refractivity contribution in [2.24, 2.45) is 0 Å². The molecular formula is C21H29N3OS. The van der Waals surface area contributed by atoms with Gasteiger partial charge in [0, 0.05) is 49.3 Å². The van der Waals surface area contributed by atoms with E-state index in [0.29, 0.717) is 12.6 Å². The van der Waals surface area contributed by atoms with Crippen LogP contribution in [0.3, 0.4) is 0 Å². The summed E-state index contributed by atoms with van der Waals surface area (Å²) in [7, 11) is 0. The molecule has 0 bridgehead atoms. The molecule has 140 valence electrons. The van der Waals surface area contributed by atoms with Gasteiger partial charge in [-0.3, -0.25) is 9.69 Å². The molecule has 0 radical (unpaired) electrons. The Morgan fingerprint density at radius 1 is 1.19 bits per heavy atom. The quantitative estimate of drug-likeness (QED) is 0.790. The van der Waals surface area contributed by atoms with Crippen molar-refractivity contribution in [3.63, 3.8) is 0 Å². The molecule has 0 saturated heterocycles. The van der Waals surface area contributed by atoms with E-state index >= 15 is 0 Å². The van der Waals surface area contributed by atoms with E-state index in [1.54, 1.807) is 11.3 Å². The molecule has 1 amide bonds. The lowest BCUT2D eigenvalue weighted by molar-refractivity contribution is 0.0955. The molecule has 0 saturated carbocycles. The fourth-order valence-corrected chi connectivity index (χ4v) is 4.47. The highest BCUT2D eigenvalue weighted by Crippen LogP contribution is 2.32. The molecule has 2 heterocycles. The second-order valence-corrected chi connectivity index (χ2v) is 8.22. The van der Waals surface area contributed by atoms with E-state index in [4.69, 9.17) is 0 Å². The molecule has 0 aliphatic carbocycles. The van der Waals surface area contributed by atoms with Crippen LogP contribution >= 0.6 is 11.3 Å². The Morgan fingerprint density at radius 3 is 2.46 bits per heavy atom. The molecule has 4 nitrogen and oxygen atoms in total. The van der Waals surface area contributed by atoms with Crippen LogP contribution < -0.4 is 10.2 Å². The first-order valence-electron chi connectivity index (χ1n) is 9.49. The number of hydrogen-bond donors (Lipinski definition) is 1. The van der Waals surface area contributed by atoms with Crippen molar-refractivity contribution in [1.82, 2.24) is 10.2 Å². The van der Waals surface area contributed by atoms with Crippen LogP contribution in [0, 0.1) is 0 Å². The van der Waals surface area contributed by atoms with Crippen LogP contribution in [0.25, 0.3) is 0 Å². The highest BCUT2D eigenvalue weighted by molar-refractivity contribution is 7.14. The predicted molar refractivity (Wildman–Crippen MR) is 110 cm³/mol. The number of amides is 1. The molecule has 3 rings (SSSR count). The van der Waals surface area contributed by atoms with Crippen molar-refractivity contribution in [3.05, 3.63) is 51.2 Å². The summed E-state index contributed by atoms with van der Waals surface area (Å²) in [6, 6.07) is 11.1. The third-order valence-electron chi connectivity index (χ3n) is 5.09. The third-order valence-corrected chi connectivity index (χ3v) is 6.25. The van der Waals surface area contributed by atoms with E-state index in [9.17, 15) is 4.79 Å². The minimum absolute atomic E-state index is 0.0355. The van der Waals surface area contributed by atoms with E-state index in [2.05, 4.69) is 73.1 Å². The maximum absolute atomic E-state index is 12.5. The van der Waals surface area contributed by atoms with Gasteiger partial charge < -0.3 is 10.2 Å². The first-order chi connectivity index (χ1) is 12.5. The number of hydrogen-bond acceptors (Lipinski definition) is 4. The lowest BCUT2D eigenvalue weighted by atomic mass is 10.2. The van der Waals surface area contributed by atoms with Gasteiger partial charge in [-0.2, -0.15) is 0 Å². The number of nitrogens with one attached hydrogen (secondary N) is 1. The first-order valence-corrected chi connectivity index (χ1v) is 10.3. The van der Waals surface area contributed by atoms with E-state index in [-0.39, 0.29) is 5.91 Å². The number of anilines is 1. The maximum Gasteiger partial charge on any atom is 0.261 e. The number of nitrogens with zero attached hydrogens (tertiary/aromatic N) is 2. The highest BCUT2D eigenvalue weighted by atomic mass is 32.1. The molecule has 1 aliphatic rings. The zero-order chi connectivity index (χ0) is 18.7. The van der Waals surface area contributed by atoms with Crippen LogP contribution in [0.1, 0.15) is 53.4 Å². The Labute approximate surface area is 160 Å². The predicted octanol–water partition coefficient (Wildman–Crippen LogP) is 4.25. The van der Waals surface area contributed by atoms with Crippen LogP contribution in [0.2, 0.25) is 0 Å². The van der Waals surface area contributed by atoms with Gasteiger partial charge in [0.25, 0.3) is 5.91 Å². The fraction of sp³-hybridized carbons (Fsp3) is 0.476. The first kappa shape index (κ1) is 18.9. The summed E-state index contributed by atoms with van der Waals surface area (Å²) in [5.41, 5.74) is 3.68. The highest BCUT2D eigenvalue weighted by Gasteiger charge is 2.25. The van der Waals surface area contributed by atoms with Gasteiger partial charge in [0.15, 0.2) is 0 Å². The van der Waals surface area contributed by atoms with Gasteiger partial charge in [0.05, 0.1) is 4.88 Å². The molecule has 0 unspecified atom stereocenters. The smallest absolute Gasteiger partial charge is 0.261 e. The summed E-state index contributed by atoms with van der Waals surface area (Å²) < 4.78 is 0. The van der Waals surface area contributed by atoms with Crippen molar-refractivity contribution < 1.29 is 4.79 Å². The molecule has 5 heteroatoms. The van der Waals surface area contributed by atoms with Gasteiger partial charge in [0.1, 0.15) is 0 Å². The van der Waals surface area contributed by atoms with Crippen molar-refractivity contribution in [2.45, 2.75) is 53.4 Å². The fourth-order valence-electron chi connectivity index (χ4n) is 3.35. The van der Waals surface area contributed by atoms with Gasteiger partial charge >= 0.3 is 0 Å². The number of benzene rings is 1. The average Bonchev–Trinajstić information content (AvgIpc) is 3.21. The Kier molecular flexibility index (Phi) is 5.99. The molecule has 1 N–H and O–H groups in total. The zero-order valence-electron chi connectivity index (χ0n) is 16.2. The van der Waals surface area contributed by atoms with Gasteiger partial charge in [-0.05, 0) is 57.0 Å². The van der Waals surface area contributed by atoms with Crippen molar-refractivity contribution in [1.29, 1.82) is 0 Å². The van der Waals surface area contributed by atoms with Crippen LogP contribution in [0.4, 0.5) is 5.69 Å². The Balaban J connectivity index is 1.56. The monoisotopic (exact) mass is 371 g/mol. The molecule has 0 atom stereocenters. The van der Waals surface area contributed by atoms with Gasteiger partial charge in [-0.25, -0.2) is 0 Å². The van der Waals surface area contributed by atoms with Gasteiger partial charge in [-0.15, -0.1) is 11.3 Å². The van der Waals surface area contributed by atoms with Crippen LogP contribution in [-0.2, 0) is 19.6 Å². The Hall–Kier alpha value is -1.85. The van der Waals surface area contributed by atoms with Crippen molar-refractivity contribution in [3.8, 4) is 0 Å². The molecular weight excluding hydrogens is 342 g/mol. The third kappa shape index (κ3) is 4.10. The van der Waals surface area contributed by atoms with E-state index in [1.807, 2.05) is 0 Å². The second kappa shape index (κ2) is 8.23. The summed E-state index contributed by atoms with van der Waals surface area (Å²) in [6.45, 7) is 13.3. The summed E-state index contributed by atoms with van der Waals surface area (Å²) >= 11 is 1.64. The summed E-state index contributed by atoms with van der Waals surface area (Å²) in [5.74, 6) is 0.0355. The number of carbonyl (C=O) groups excluding carboxylic acids is 1. The van der Waals surface area contributed by atoms with Crippen LogP contribution in [0.5, 0.6) is 0 Å². The SMILES string of the molecule is CCN(CC)c1ccc(CNC(=O)c2cc3c(s2)CN(C(C)C)C3)cc1. The van der Waals surface area contributed by atoms with Crippen molar-refractivity contribution >= 4 is 22.9 Å². The standard InChI is InChI=1S/C21H29N3OS/c1-5-23(6-2)18-9-7-16(8-10-18)12-22-21(25)19-11-17-13-24(15(3)4)14-20(17)26-19/h7-11,15H,5-6,12-14H2,1-4H3,(H,22,25). The van der Waals surface area contributed by atoms with E-state index in [0.717, 1.165) is 36.6 Å². The summed E-state index contributed by atoms with van der Waals surface area (Å²) in [6.07, 6.45) is 0. The van der Waals surface area contributed by atoms with E-state index < -0.39 is 0 Å². The molecule has 1 aromatic heterocycles. The van der Waals surface area contributed by atoms with Crippen molar-refractivity contribution in [2.75, 3.05) is 18.0 Å². The molecule has 2 aromatic rings. The number of rotatable bonds is 7. The number of fused-ring (bicyclic) bond motifs is 1. The largest absolute Gasteiger partial charge is 0.372 e. The number of carbonyl (C=O) groups is 1. The Morgan fingerprint density at radius 2 is 1.88 bits per heavy atom. The maximum atomic E-state index is 12.5. The topological polar surface area (TPSA) is 35.6 Å². The average molecular weight is 372 g/mol. The van der Waals surface area contributed by atoms with Crippen LogP contribution in [0.15, 0.2) is 30.3 Å². The second-order valence-electron chi connectivity index (χ2n) is 7.08. The minimum Gasteiger partial charge on any atom is -0.372 e. The molecule has 26 heavy (non-hydrogen) atoms. The zero-order valence-corrected chi connectivity index (χ0v) is 17.0. The molecule has 0 spiro atoms. The van der Waals surface area contributed by atoms with E-state index in [1.165, 1.54) is 16.1 Å². The van der Waals surface area contributed by atoms with Gasteiger partial charge in [-0.1, -0.05) is 12.1 Å². The molecule has 0 fully saturated rings. The lowest BCUT2D eigenvalue weighted by Crippen LogP contribution is -2.25. The summed E-state index contributed by atoms with van der Waals surface area (Å²) in [5, 5.41) is 3.06. The van der Waals surface area contributed by atoms with Crippen LogP contribution in [-0.4, -0.2) is 29.9 Å². The Bertz CT molecular complexity index is 724. The minimum atomic E-state index is 0.0355. The number of thiophene rings is 1. The van der Waals surface area contributed by atoms with Gasteiger partial charge in [0.2, 0.25) is 0 Å². The summed E-state index contributed by atoms with van der Waals surface area (Å²) in [4.78, 5) is 19.4. The normalized spacial score (nSPS) is 13.9. The lowest BCUT2D eigenvalue weighted by Gasteiger charge is -2.21. The molecule has 1 aromatic carbocycles.